The first-order valence-corrected chi connectivity index (χ1v) is 7.80. The summed E-state index contributed by atoms with van der Waals surface area (Å²) in [6.45, 7) is 8.52. The molecule has 0 unspecified atom stereocenters. The molecule has 1 aromatic carbocycles. The summed E-state index contributed by atoms with van der Waals surface area (Å²) in [5.74, 6) is 0.474. The number of nitriles is 1. The van der Waals surface area contributed by atoms with Crippen LogP contribution in [-0.4, -0.2) is 23.1 Å². The zero-order valence-corrected chi connectivity index (χ0v) is 13.8. The van der Waals surface area contributed by atoms with Crippen LogP contribution in [0.1, 0.15) is 57.7 Å². The van der Waals surface area contributed by atoms with E-state index in [0.717, 1.165) is 18.4 Å². The summed E-state index contributed by atoms with van der Waals surface area (Å²) in [5.41, 5.74) is 1.21. The van der Waals surface area contributed by atoms with Gasteiger partial charge in [0.1, 0.15) is 5.60 Å². The van der Waals surface area contributed by atoms with Crippen LogP contribution in [0.25, 0.3) is 0 Å². The number of hydrogen-bond acceptors (Lipinski definition) is 3. The van der Waals surface area contributed by atoms with Gasteiger partial charge in [0, 0.05) is 6.54 Å². The average molecular weight is 300 g/mol. The van der Waals surface area contributed by atoms with Crippen molar-refractivity contribution in [2.75, 3.05) is 6.54 Å². The van der Waals surface area contributed by atoms with E-state index in [1.165, 1.54) is 0 Å². The van der Waals surface area contributed by atoms with Gasteiger partial charge in [-0.3, -0.25) is 0 Å². The van der Waals surface area contributed by atoms with Crippen LogP contribution < -0.4 is 0 Å². The van der Waals surface area contributed by atoms with Gasteiger partial charge in [0.05, 0.1) is 17.7 Å². The van der Waals surface area contributed by atoms with Gasteiger partial charge in [-0.2, -0.15) is 5.26 Å². The number of hydrogen-bond donors (Lipinski definition) is 0. The van der Waals surface area contributed by atoms with Gasteiger partial charge in [-0.25, -0.2) is 4.79 Å². The van der Waals surface area contributed by atoms with E-state index in [0.29, 0.717) is 18.0 Å². The second kappa shape index (κ2) is 6.39. The average Bonchev–Trinajstić information content (AvgIpc) is 2.45. The van der Waals surface area contributed by atoms with Gasteiger partial charge in [0.25, 0.3) is 0 Å². The molecule has 4 heteroatoms. The van der Waals surface area contributed by atoms with E-state index in [1.54, 1.807) is 12.1 Å². The van der Waals surface area contributed by atoms with Crippen LogP contribution in [0.4, 0.5) is 4.79 Å². The Morgan fingerprint density at radius 1 is 1.27 bits per heavy atom. The van der Waals surface area contributed by atoms with Crippen molar-refractivity contribution in [1.82, 2.24) is 4.90 Å². The maximum atomic E-state index is 12.5. The molecule has 4 nitrogen and oxygen atoms in total. The standard InChI is InChI=1S/C18H24N2O2/c1-13-5-10-16(15-8-6-14(11-19)7-9-15)20(12-13)17(21)22-18(2,3)4/h6-9,13,16H,5,10,12H2,1-4H3/t13-,16+/m1/s1. The molecule has 1 saturated heterocycles. The summed E-state index contributed by atoms with van der Waals surface area (Å²) in [6.07, 6.45) is 1.75. The molecule has 0 aliphatic carbocycles. The van der Waals surface area contributed by atoms with Crippen molar-refractivity contribution < 1.29 is 9.53 Å². The minimum atomic E-state index is -0.493. The first-order chi connectivity index (χ1) is 10.3. The molecule has 0 radical (unpaired) electrons. The fourth-order valence-corrected chi connectivity index (χ4v) is 2.80. The fraction of sp³-hybridized carbons (Fsp3) is 0.556. The van der Waals surface area contributed by atoms with Crippen LogP contribution in [0.15, 0.2) is 24.3 Å². The van der Waals surface area contributed by atoms with Gasteiger partial charge in [-0.15, -0.1) is 0 Å². The summed E-state index contributed by atoms with van der Waals surface area (Å²) >= 11 is 0. The maximum Gasteiger partial charge on any atom is 0.410 e. The number of amides is 1. The van der Waals surface area contributed by atoms with E-state index in [4.69, 9.17) is 10.00 Å². The molecule has 2 atom stereocenters. The van der Waals surface area contributed by atoms with Gasteiger partial charge in [0.2, 0.25) is 0 Å². The highest BCUT2D eigenvalue weighted by atomic mass is 16.6. The van der Waals surface area contributed by atoms with Crippen LogP contribution in [-0.2, 0) is 4.74 Å². The lowest BCUT2D eigenvalue weighted by Gasteiger charge is -2.39. The Balaban J connectivity index is 2.22. The number of rotatable bonds is 1. The van der Waals surface area contributed by atoms with E-state index in [1.807, 2.05) is 37.8 Å². The Morgan fingerprint density at radius 2 is 1.91 bits per heavy atom. The molecule has 0 saturated carbocycles. The number of piperidine rings is 1. The third kappa shape index (κ3) is 4.00. The van der Waals surface area contributed by atoms with Crippen molar-refractivity contribution in [3.63, 3.8) is 0 Å². The Bertz CT molecular complexity index is 566. The number of nitrogens with zero attached hydrogens (tertiary/aromatic N) is 2. The molecule has 1 fully saturated rings. The molecule has 0 bridgehead atoms. The first kappa shape index (κ1) is 16.4. The molecule has 0 aromatic heterocycles. The van der Waals surface area contributed by atoms with Crippen molar-refractivity contribution in [2.24, 2.45) is 5.92 Å². The Kier molecular flexibility index (Phi) is 4.75. The van der Waals surface area contributed by atoms with Gasteiger partial charge >= 0.3 is 6.09 Å². The van der Waals surface area contributed by atoms with Crippen molar-refractivity contribution in [3.05, 3.63) is 35.4 Å². The normalized spacial score (nSPS) is 22.0. The molecule has 2 rings (SSSR count). The topological polar surface area (TPSA) is 53.3 Å². The summed E-state index contributed by atoms with van der Waals surface area (Å²) in [4.78, 5) is 14.4. The van der Waals surface area contributed by atoms with E-state index >= 15 is 0 Å². The molecule has 1 amide bonds. The van der Waals surface area contributed by atoms with Gasteiger partial charge < -0.3 is 9.64 Å². The van der Waals surface area contributed by atoms with Gasteiger partial charge in [-0.1, -0.05) is 19.1 Å². The predicted molar refractivity (Wildman–Crippen MR) is 85.2 cm³/mol. The second-order valence-corrected chi connectivity index (χ2v) is 7.06. The zero-order valence-electron chi connectivity index (χ0n) is 13.8. The Labute approximate surface area is 132 Å². The SMILES string of the molecule is C[C@@H]1CC[C@@H](c2ccc(C#N)cc2)N(C(=O)OC(C)(C)C)C1. The fourth-order valence-electron chi connectivity index (χ4n) is 2.80. The van der Waals surface area contributed by atoms with Crippen molar-refractivity contribution in [1.29, 1.82) is 5.26 Å². The molecule has 1 aliphatic rings. The van der Waals surface area contributed by atoms with Gasteiger partial charge in [-0.05, 0) is 57.2 Å². The Hall–Kier alpha value is -2.02. The van der Waals surface area contributed by atoms with Gasteiger partial charge in [0.15, 0.2) is 0 Å². The lowest BCUT2D eigenvalue weighted by molar-refractivity contribution is 0.00364. The summed E-state index contributed by atoms with van der Waals surface area (Å²) in [6, 6.07) is 9.65. The molecule has 1 aliphatic heterocycles. The summed E-state index contributed by atoms with van der Waals surface area (Å²) in [7, 11) is 0. The highest BCUT2D eigenvalue weighted by molar-refractivity contribution is 5.69. The Morgan fingerprint density at radius 3 is 2.45 bits per heavy atom. The second-order valence-electron chi connectivity index (χ2n) is 7.06. The predicted octanol–water partition coefficient (Wildman–Crippen LogP) is 4.27. The lowest BCUT2D eigenvalue weighted by atomic mass is 9.90. The summed E-state index contributed by atoms with van der Waals surface area (Å²) in [5, 5.41) is 8.91. The number of likely N-dealkylation sites (tertiary alicyclic amines) is 1. The molecule has 22 heavy (non-hydrogen) atoms. The van der Waals surface area contributed by atoms with Crippen molar-refractivity contribution in [3.8, 4) is 6.07 Å². The molecule has 1 heterocycles. The largest absolute Gasteiger partial charge is 0.444 e. The lowest BCUT2D eigenvalue weighted by Crippen LogP contribution is -2.44. The van der Waals surface area contributed by atoms with Crippen LogP contribution in [0.5, 0.6) is 0 Å². The van der Waals surface area contributed by atoms with Crippen LogP contribution >= 0.6 is 0 Å². The third-order valence-electron chi connectivity index (χ3n) is 3.87. The zero-order chi connectivity index (χ0) is 16.3. The number of benzene rings is 1. The smallest absolute Gasteiger partial charge is 0.410 e. The molecule has 0 N–H and O–H groups in total. The van der Waals surface area contributed by atoms with E-state index in [-0.39, 0.29) is 12.1 Å². The monoisotopic (exact) mass is 300 g/mol. The number of carbonyl (C=O) groups excluding carboxylic acids is 1. The van der Waals surface area contributed by atoms with E-state index in [2.05, 4.69) is 13.0 Å². The summed E-state index contributed by atoms with van der Waals surface area (Å²) < 4.78 is 5.56. The maximum absolute atomic E-state index is 12.5. The van der Waals surface area contributed by atoms with Crippen molar-refractivity contribution in [2.45, 2.75) is 52.2 Å². The molecule has 118 valence electrons. The van der Waals surface area contributed by atoms with Crippen LogP contribution in [0.3, 0.4) is 0 Å². The molecular weight excluding hydrogens is 276 g/mol. The number of carbonyl (C=O) groups is 1. The van der Waals surface area contributed by atoms with E-state index < -0.39 is 5.60 Å². The van der Waals surface area contributed by atoms with E-state index in [9.17, 15) is 4.79 Å². The third-order valence-corrected chi connectivity index (χ3v) is 3.87. The molecule has 0 spiro atoms. The quantitative estimate of drug-likeness (QED) is 0.778. The minimum absolute atomic E-state index is 0.0267. The van der Waals surface area contributed by atoms with Crippen LogP contribution in [0, 0.1) is 17.2 Å². The minimum Gasteiger partial charge on any atom is -0.444 e. The first-order valence-electron chi connectivity index (χ1n) is 7.80. The molecule has 1 aromatic rings. The molecular formula is C18H24N2O2. The van der Waals surface area contributed by atoms with Crippen LogP contribution in [0.2, 0.25) is 0 Å². The van der Waals surface area contributed by atoms with Crippen molar-refractivity contribution >= 4 is 6.09 Å². The highest BCUT2D eigenvalue weighted by Crippen LogP contribution is 2.34. The highest BCUT2D eigenvalue weighted by Gasteiger charge is 2.33. The number of ether oxygens (including phenoxy) is 1.